The zero-order valence-corrected chi connectivity index (χ0v) is 24.5. The zero-order chi connectivity index (χ0) is 29.1. The highest BCUT2D eigenvalue weighted by Gasteiger charge is 2.18. The lowest BCUT2D eigenvalue weighted by Crippen LogP contribution is -2.44. The Morgan fingerprint density at radius 2 is 1.77 bits per heavy atom. The molecular formula is C30H44N6O4. The van der Waals surface area contributed by atoms with Crippen molar-refractivity contribution < 1.29 is 19.1 Å². The number of morpholine rings is 1. The summed E-state index contributed by atoms with van der Waals surface area (Å²) < 4.78 is 11.2. The van der Waals surface area contributed by atoms with E-state index in [1.54, 1.807) is 23.2 Å². The van der Waals surface area contributed by atoms with Crippen molar-refractivity contribution in [2.45, 2.75) is 59.2 Å². The topological polar surface area (TPSA) is 108 Å². The quantitative estimate of drug-likeness (QED) is 0.328. The maximum absolute atomic E-state index is 13.0. The van der Waals surface area contributed by atoms with Crippen molar-refractivity contribution in [2.24, 2.45) is 0 Å². The number of ether oxygens (including phenoxy) is 2. The Bertz CT molecular complexity index is 1120. The number of pyridine rings is 1. The summed E-state index contributed by atoms with van der Waals surface area (Å²) >= 11 is 0. The van der Waals surface area contributed by atoms with Crippen LogP contribution in [0, 0.1) is 0 Å². The van der Waals surface area contributed by atoms with Crippen LogP contribution in [0.1, 0.15) is 57.1 Å². The fourth-order valence-electron chi connectivity index (χ4n) is 4.21. The van der Waals surface area contributed by atoms with E-state index in [2.05, 4.69) is 32.4 Å². The van der Waals surface area contributed by atoms with Gasteiger partial charge in [-0.05, 0) is 71.4 Å². The minimum atomic E-state index is -0.401. The second-order valence-corrected chi connectivity index (χ2v) is 11.1. The van der Waals surface area contributed by atoms with Crippen molar-refractivity contribution in [1.29, 1.82) is 0 Å². The Morgan fingerprint density at radius 3 is 2.38 bits per heavy atom. The van der Waals surface area contributed by atoms with E-state index >= 15 is 0 Å². The van der Waals surface area contributed by atoms with Crippen molar-refractivity contribution in [3.05, 3.63) is 66.3 Å². The van der Waals surface area contributed by atoms with Crippen LogP contribution in [-0.4, -0.2) is 77.8 Å². The molecule has 1 saturated heterocycles. The molecule has 3 amide bonds. The van der Waals surface area contributed by atoms with E-state index in [1.165, 1.54) is 0 Å². The molecule has 0 spiro atoms. The van der Waals surface area contributed by atoms with Crippen molar-refractivity contribution in [2.75, 3.05) is 50.0 Å². The lowest BCUT2D eigenvalue weighted by Gasteiger charge is -2.29. The average Bonchev–Trinajstić information content (AvgIpc) is 2.88. The normalized spacial score (nSPS) is 13.9. The molecule has 0 unspecified atom stereocenters. The second-order valence-electron chi connectivity index (χ2n) is 11.1. The van der Waals surface area contributed by atoms with Crippen molar-refractivity contribution in [3.63, 3.8) is 0 Å². The summed E-state index contributed by atoms with van der Waals surface area (Å²) in [6.07, 6.45) is 2.51. The number of amides is 3. The smallest absolute Gasteiger partial charge is 0.317 e. The van der Waals surface area contributed by atoms with Gasteiger partial charge >= 0.3 is 6.03 Å². The molecule has 40 heavy (non-hydrogen) atoms. The van der Waals surface area contributed by atoms with Gasteiger partial charge in [0.2, 0.25) is 0 Å². The molecule has 1 aromatic carbocycles. The summed E-state index contributed by atoms with van der Waals surface area (Å²) in [5.41, 5.74) is 1.95. The first-order valence-corrected chi connectivity index (χ1v) is 13.9. The molecule has 1 aliphatic rings. The molecule has 0 atom stereocenters. The van der Waals surface area contributed by atoms with Crippen LogP contribution in [0.25, 0.3) is 0 Å². The highest BCUT2D eigenvalue weighted by molar-refractivity contribution is 6.04. The number of rotatable bonds is 12. The molecule has 10 nitrogen and oxygen atoms in total. The molecule has 2 heterocycles. The Kier molecular flexibility index (Phi) is 11.3. The molecule has 218 valence electrons. The van der Waals surface area contributed by atoms with E-state index in [0.717, 1.165) is 44.8 Å². The molecule has 0 radical (unpaired) electrons. The molecule has 10 heteroatoms. The largest absolute Gasteiger partial charge is 0.474 e. The number of benzene rings is 1. The number of para-hydroxylation sites is 2. The Balaban J connectivity index is 1.61. The number of carbonyl (C=O) groups excluding carboxylic acids is 2. The second kappa shape index (κ2) is 14.7. The van der Waals surface area contributed by atoms with E-state index in [1.807, 2.05) is 58.9 Å². The van der Waals surface area contributed by atoms with Crippen LogP contribution in [0.5, 0.6) is 0 Å². The van der Waals surface area contributed by atoms with E-state index in [0.29, 0.717) is 30.3 Å². The number of nitrogens with one attached hydrogen (secondary N) is 3. The van der Waals surface area contributed by atoms with Gasteiger partial charge in [-0.25, -0.2) is 4.79 Å². The van der Waals surface area contributed by atoms with Crippen LogP contribution in [-0.2, 0) is 16.0 Å². The zero-order valence-electron chi connectivity index (χ0n) is 24.5. The average molecular weight is 553 g/mol. The number of hydrogen-bond acceptors (Lipinski definition) is 7. The summed E-state index contributed by atoms with van der Waals surface area (Å²) in [4.78, 5) is 34.4. The van der Waals surface area contributed by atoms with Crippen LogP contribution >= 0.6 is 0 Å². The molecule has 0 saturated carbocycles. The standard InChI is InChI=1S/C30H44N6O4/c1-22(2)32-29(38)36(15-9-14-35-16-18-39-19-17-35)21-24-12-13-27(31-20-24)28(37)34-26-11-8-7-10-25(26)33-23(3)40-30(4,5)6/h7-8,10-13,20,22,33H,3,9,14-19,21H2,1-2,4-6H3,(H,32,38)(H,34,37). The van der Waals surface area contributed by atoms with Crippen LogP contribution in [0.15, 0.2) is 55.1 Å². The van der Waals surface area contributed by atoms with Gasteiger partial charge in [0, 0.05) is 45.0 Å². The minimum Gasteiger partial charge on any atom is -0.474 e. The number of anilines is 2. The van der Waals surface area contributed by atoms with Gasteiger partial charge in [-0.2, -0.15) is 0 Å². The minimum absolute atomic E-state index is 0.0352. The first-order chi connectivity index (χ1) is 19.0. The van der Waals surface area contributed by atoms with Gasteiger partial charge in [0.25, 0.3) is 5.91 Å². The third kappa shape index (κ3) is 10.5. The Labute approximate surface area is 238 Å². The van der Waals surface area contributed by atoms with Gasteiger partial charge < -0.3 is 30.3 Å². The maximum Gasteiger partial charge on any atom is 0.317 e. The lowest BCUT2D eigenvalue weighted by atomic mass is 10.2. The van der Waals surface area contributed by atoms with E-state index in [4.69, 9.17) is 9.47 Å². The number of nitrogens with zero attached hydrogens (tertiary/aromatic N) is 3. The Morgan fingerprint density at radius 1 is 1.10 bits per heavy atom. The monoisotopic (exact) mass is 552 g/mol. The lowest BCUT2D eigenvalue weighted by molar-refractivity contribution is 0.0364. The van der Waals surface area contributed by atoms with Crippen molar-refractivity contribution in [1.82, 2.24) is 20.1 Å². The van der Waals surface area contributed by atoms with Crippen molar-refractivity contribution in [3.8, 4) is 0 Å². The van der Waals surface area contributed by atoms with Gasteiger partial charge in [-0.15, -0.1) is 0 Å². The molecule has 3 N–H and O–H groups in total. The van der Waals surface area contributed by atoms with E-state index in [9.17, 15) is 9.59 Å². The molecule has 1 aromatic heterocycles. The van der Waals surface area contributed by atoms with Gasteiger partial charge in [0.15, 0.2) is 5.88 Å². The fourth-order valence-corrected chi connectivity index (χ4v) is 4.21. The first kappa shape index (κ1) is 30.9. The van der Waals surface area contributed by atoms with E-state index < -0.39 is 5.60 Å². The maximum atomic E-state index is 13.0. The molecular weight excluding hydrogens is 508 g/mol. The van der Waals surface area contributed by atoms with Crippen LogP contribution in [0.4, 0.5) is 16.2 Å². The summed E-state index contributed by atoms with van der Waals surface area (Å²) in [6, 6.07) is 10.8. The first-order valence-electron chi connectivity index (χ1n) is 13.9. The highest BCUT2D eigenvalue weighted by atomic mass is 16.5. The van der Waals surface area contributed by atoms with Gasteiger partial charge in [0.1, 0.15) is 11.3 Å². The molecule has 3 rings (SSSR count). The molecule has 1 aliphatic heterocycles. The third-order valence-corrected chi connectivity index (χ3v) is 6.01. The van der Waals surface area contributed by atoms with Crippen LogP contribution in [0.2, 0.25) is 0 Å². The van der Waals surface area contributed by atoms with Gasteiger partial charge in [-0.3, -0.25) is 14.7 Å². The number of carbonyl (C=O) groups is 2. The summed E-state index contributed by atoms with van der Waals surface area (Å²) in [5, 5.41) is 9.00. The molecule has 0 bridgehead atoms. The number of urea groups is 1. The van der Waals surface area contributed by atoms with E-state index in [-0.39, 0.29) is 23.7 Å². The third-order valence-electron chi connectivity index (χ3n) is 6.01. The predicted octanol–water partition coefficient (Wildman–Crippen LogP) is 4.67. The Hall–Kier alpha value is -3.63. The number of aromatic nitrogens is 1. The number of hydrogen-bond donors (Lipinski definition) is 3. The highest BCUT2D eigenvalue weighted by Crippen LogP contribution is 2.24. The molecule has 2 aromatic rings. The molecule has 1 fully saturated rings. The SMILES string of the molecule is C=C(Nc1ccccc1NC(=O)c1ccc(CN(CCCN2CCOCC2)C(=O)NC(C)C)cn1)OC(C)(C)C. The predicted molar refractivity (Wildman–Crippen MR) is 158 cm³/mol. The summed E-state index contributed by atoms with van der Waals surface area (Å²) in [6.45, 7) is 18.9. The van der Waals surface area contributed by atoms with Gasteiger partial charge in [0.05, 0.1) is 24.6 Å². The summed E-state index contributed by atoms with van der Waals surface area (Å²) in [5.74, 6) is 0.0377. The van der Waals surface area contributed by atoms with Crippen molar-refractivity contribution >= 4 is 23.3 Å². The van der Waals surface area contributed by atoms with Crippen LogP contribution in [0.3, 0.4) is 0 Å². The van der Waals surface area contributed by atoms with Gasteiger partial charge in [-0.1, -0.05) is 18.2 Å². The van der Waals surface area contributed by atoms with Crippen LogP contribution < -0.4 is 16.0 Å². The summed E-state index contributed by atoms with van der Waals surface area (Å²) in [7, 11) is 0. The fraction of sp³-hybridized carbons (Fsp3) is 0.500. The molecule has 0 aliphatic carbocycles.